The molecule has 11 heteroatoms. The molecule has 0 atom stereocenters. The summed E-state index contributed by atoms with van der Waals surface area (Å²) in [5, 5.41) is 16.3. The molecular formula is C23H14Br2ClN3O4S. The van der Waals surface area contributed by atoms with Crippen LogP contribution in [0.15, 0.2) is 74.7 Å². The van der Waals surface area contributed by atoms with Crippen LogP contribution < -0.4 is 10.2 Å². The van der Waals surface area contributed by atoms with Gasteiger partial charge in [0.2, 0.25) is 0 Å². The minimum absolute atomic E-state index is 0.0213. The van der Waals surface area contributed by atoms with E-state index in [-0.39, 0.29) is 5.69 Å². The van der Waals surface area contributed by atoms with E-state index in [0.717, 1.165) is 24.8 Å². The van der Waals surface area contributed by atoms with Crippen molar-refractivity contribution < 1.29 is 14.5 Å². The number of nitro benzene ring substituents is 1. The summed E-state index contributed by atoms with van der Waals surface area (Å²) >= 11 is 14.2. The van der Waals surface area contributed by atoms with Gasteiger partial charge < -0.3 is 4.74 Å². The molecule has 0 spiro atoms. The van der Waals surface area contributed by atoms with E-state index < -0.39 is 10.8 Å². The molecule has 0 bridgehead atoms. The molecule has 0 fully saturated rings. The molecule has 7 nitrogen and oxygen atoms in total. The third kappa shape index (κ3) is 5.82. The van der Waals surface area contributed by atoms with E-state index in [4.69, 9.17) is 16.3 Å². The number of rotatable bonds is 7. The maximum Gasteiger partial charge on any atom is 0.281 e. The molecule has 0 radical (unpaired) electrons. The molecule has 0 saturated carbocycles. The van der Waals surface area contributed by atoms with Gasteiger partial charge in [-0.2, -0.15) is 5.10 Å². The number of halogens is 3. The van der Waals surface area contributed by atoms with Gasteiger partial charge in [-0.05, 0) is 79.4 Å². The Morgan fingerprint density at radius 2 is 1.82 bits per heavy atom. The summed E-state index contributed by atoms with van der Waals surface area (Å²) in [6, 6.07) is 17.1. The first-order valence-corrected chi connectivity index (χ1v) is 12.5. The van der Waals surface area contributed by atoms with Crippen LogP contribution in [0.2, 0.25) is 5.02 Å². The van der Waals surface area contributed by atoms with Crippen molar-refractivity contribution in [3.63, 3.8) is 0 Å². The predicted octanol–water partition coefficient (Wildman–Crippen LogP) is 7.33. The molecule has 0 unspecified atom stereocenters. The van der Waals surface area contributed by atoms with Gasteiger partial charge in [0.25, 0.3) is 11.6 Å². The van der Waals surface area contributed by atoms with Crippen LogP contribution in [0.1, 0.15) is 20.8 Å². The van der Waals surface area contributed by atoms with Crippen LogP contribution in [0.25, 0.3) is 10.1 Å². The number of hydrogen-bond donors (Lipinski definition) is 1. The second-order valence-electron chi connectivity index (χ2n) is 7.02. The largest absolute Gasteiger partial charge is 0.487 e. The molecule has 0 aliphatic heterocycles. The molecule has 172 valence electrons. The molecule has 3 aromatic carbocycles. The molecule has 1 amide bonds. The number of nitro groups is 1. The maximum absolute atomic E-state index is 12.5. The zero-order valence-corrected chi connectivity index (χ0v) is 21.9. The second kappa shape index (κ2) is 10.6. The van der Waals surface area contributed by atoms with E-state index in [2.05, 4.69) is 42.4 Å². The normalized spacial score (nSPS) is 11.1. The number of hydrogen-bond acceptors (Lipinski definition) is 6. The van der Waals surface area contributed by atoms with Gasteiger partial charge in [-0.25, -0.2) is 5.43 Å². The first-order chi connectivity index (χ1) is 16.3. The Hall–Kier alpha value is -2.79. The summed E-state index contributed by atoms with van der Waals surface area (Å²) in [5.74, 6) is 0.233. The lowest BCUT2D eigenvalue weighted by Gasteiger charge is -2.11. The fourth-order valence-corrected chi connectivity index (χ4v) is 5.51. The number of thiophene rings is 1. The highest BCUT2D eigenvalue weighted by molar-refractivity contribution is 9.11. The van der Waals surface area contributed by atoms with Gasteiger partial charge in [0.05, 0.1) is 25.0 Å². The lowest BCUT2D eigenvalue weighted by Crippen LogP contribution is -2.16. The van der Waals surface area contributed by atoms with Crippen LogP contribution in [-0.4, -0.2) is 17.0 Å². The van der Waals surface area contributed by atoms with E-state index in [1.54, 1.807) is 24.3 Å². The quantitative estimate of drug-likeness (QED) is 0.133. The van der Waals surface area contributed by atoms with Crippen molar-refractivity contribution in [2.24, 2.45) is 5.10 Å². The number of ether oxygens (including phenoxy) is 1. The summed E-state index contributed by atoms with van der Waals surface area (Å²) in [5.41, 5.74) is 4.17. The van der Waals surface area contributed by atoms with Crippen molar-refractivity contribution in [1.82, 2.24) is 5.43 Å². The lowest BCUT2D eigenvalue weighted by molar-refractivity contribution is -0.384. The van der Waals surface area contributed by atoms with Gasteiger partial charge in [-0.1, -0.05) is 23.7 Å². The molecule has 4 aromatic rings. The Bertz CT molecular complexity index is 1400. The summed E-state index contributed by atoms with van der Waals surface area (Å²) in [6.07, 6.45) is 1.51. The van der Waals surface area contributed by atoms with Crippen LogP contribution in [0.5, 0.6) is 5.75 Å². The number of nitrogens with zero attached hydrogens (tertiary/aromatic N) is 2. The van der Waals surface area contributed by atoms with Crippen molar-refractivity contribution >= 4 is 82.7 Å². The van der Waals surface area contributed by atoms with E-state index >= 15 is 0 Å². The number of nitrogens with one attached hydrogen (secondary N) is 1. The molecule has 0 saturated heterocycles. The van der Waals surface area contributed by atoms with Gasteiger partial charge in [0.15, 0.2) is 0 Å². The topological polar surface area (TPSA) is 93.8 Å². The Kier molecular flexibility index (Phi) is 7.62. The monoisotopic (exact) mass is 621 g/mol. The highest BCUT2D eigenvalue weighted by Crippen LogP contribution is 2.35. The SMILES string of the molecule is O=C(N/N=C\c1cc(Br)c(OCc2ccc(Cl)cc2)c(Br)c1)c1cc2cc([N+](=O)[O-])ccc2s1. The molecular weight excluding hydrogens is 610 g/mol. The number of non-ortho nitro benzene ring substituents is 1. The Balaban J connectivity index is 1.41. The fraction of sp³-hybridized carbons (Fsp3) is 0.0435. The van der Waals surface area contributed by atoms with Crippen molar-refractivity contribution in [1.29, 1.82) is 0 Å². The second-order valence-corrected chi connectivity index (χ2v) is 10.2. The Morgan fingerprint density at radius 3 is 2.50 bits per heavy atom. The number of fused-ring (bicyclic) bond motifs is 1. The van der Waals surface area contributed by atoms with E-state index in [1.807, 2.05) is 24.3 Å². The highest BCUT2D eigenvalue weighted by Gasteiger charge is 2.13. The third-order valence-corrected chi connectivity index (χ3v) is 7.18. The van der Waals surface area contributed by atoms with Crippen LogP contribution in [-0.2, 0) is 6.61 Å². The first kappa shape index (κ1) is 24.3. The Labute approximate surface area is 219 Å². The molecule has 4 rings (SSSR count). The predicted molar refractivity (Wildman–Crippen MR) is 141 cm³/mol. The minimum atomic E-state index is -0.467. The van der Waals surface area contributed by atoms with E-state index in [0.29, 0.717) is 27.6 Å². The molecule has 0 aliphatic rings. The number of carbonyl (C=O) groups excluding carboxylic acids is 1. The van der Waals surface area contributed by atoms with Gasteiger partial charge >= 0.3 is 0 Å². The smallest absolute Gasteiger partial charge is 0.281 e. The first-order valence-electron chi connectivity index (χ1n) is 9.68. The van der Waals surface area contributed by atoms with Crippen LogP contribution in [0.4, 0.5) is 5.69 Å². The number of carbonyl (C=O) groups is 1. The zero-order valence-electron chi connectivity index (χ0n) is 17.1. The van der Waals surface area contributed by atoms with Crippen LogP contribution >= 0.6 is 54.8 Å². The van der Waals surface area contributed by atoms with Gasteiger partial charge in [0.1, 0.15) is 12.4 Å². The highest BCUT2D eigenvalue weighted by atomic mass is 79.9. The molecule has 1 heterocycles. The summed E-state index contributed by atoms with van der Waals surface area (Å²) in [6.45, 7) is 0.371. The van der Waals surface area contributed by atoms with Gasteiger partial charge in [0, 0.05) is 27.2 Å². The van der Waals surface area contributed by atoms with E-state index in [9.17, 15) is 14.9 Å². The number of amides is 1. The standard InChI is InChI=1S/C23H14Br2ClN3O4S/c24-18-7-14(8-19(25)22(18)33-12-13-1-3-16(26)4-2-13)11-27-28-23(30)21-10-15-9-17(29(31)32)5-6-20(15)34-21/h1-11H,12H2,(H,28,30)/b27-11-. The van der Waals surface area contributed by atoms with Crippen LogP contribution in [0.3, 0.4) is 0 Å². The summed E-state index contributed by atoms with van der Waals surface area (Å²) in [4.78, 5) is 23.3. The number of hydrazone groups is 1. The summed E-state index contributed by atoms with van der Waals surface area (Å²) < 4.78 is 8.12. The number of benzene rings is 3. The fourth-order valence-electron chi connectivity index (χ4n) is 3.00. The maximum atomic E-state index is 12.5. The van der Waals surface area contributed by atoms with Crippen molar-refractivity contribution in [2.75, 3.05) is 0 Å². The molecule has 1 aromatic heterocycles. The van der Waals surface area contributed by atoms with Crippen molar-refractivity contribution in [3.05, 3.63) is 101 Å². The average Bonchev–Trinajstić information content (AvgIpc) is 3.23. The zero-order chi connectivity index (χ0) is 24.2. The van der Waals surface area contributed by atoms with Crippen molar-refractivity contribution in [2.45, 2.75) is 6.61 Å². The Morgan fingerprint density at radius 1 is 1.12 bits per heavy atom. The summed E-state index contributed by atoms with van der Waals surface area (Å²) in [7, 11) is 0. The van der Waals surface area contributed by atoms with Crippen molar-refractivity contribution in [3.8, 4) is 5.75 Å². The van der Waals surface area contributed by atoms with Gasteiger partial charge in [-0.3, -0.25) is 14.9 Å². The minimum Gasteiger partial charge on any atom is -0.487 e. The molecule has 0 aliphatic carbocycles. The molecule has 1 N–H and O–H groups in total. The average molecular weight is 624 g/mol. The lowest BCUT2D eigenvalue weighted by atomic mass is 10.2. The third-order valence-electron chi connectivity index (χ3n) is 4.63. The molecule has 34 heavy (non-hydrogen) atoms. The van der Waals surface area contributed by atoms with E-state index in [1.165, 1.54) is 29.7 Å². The van der Waals surface area contributed by atoms with Gasteiger partial charge in [-0.15, -0.1) is 11.3 Å². The van der Waals surface area contributed by atoms with Crippen LogP contribution in [0, 0.1) is 10.1 Å².